The third-order valence-electron chi connectivity index (χ3n) is 3.81. The van der Waals surface area contributed by atoms with Crippen LogP contribution in [0.25, 0.3) is 0 Å². The number of nitrogens with one attached hydrogen (secondary N) is 2. The molecule has 1 spiro atoms. The van der Waals surface area contributed by atoms with Gasteiger partial charge < -0.3 is 15.4 Å². The Morgan fingerprint density at radius 1 is 1.41 bits per heavy atom. The van der Waals surface area contributed by atoms with Gasteiger partial charge in [0, 0.05) is 6.54 Å². The van der Waals surface area contributed by atoms with Gasteiger partial charge in [-0.3, -0.25) is 4.79 Å². The zero-order valence-electron chi connectivity index (χ0n) is 10.1. The van der Waals surface area contributed by atoms with Crippen molar-refractivity contribution in [2.45, 2.75) is 18.8 Å². The fraction of sp³-hybridized carbons (Fsp3) is 0.462. The molecule has 1 atom stereocenters. The summed E-state index contributed by atoms with van der Waals surface area (Å²) in [6, 6.07) is 4.06. The fourth-order valence-electron chi connectivity index (χ4n) is 2.89. The lowest BCUT2D eigenvalue weighted by Crippen LogP contribution is -2.36. The van der Waals surface area contributed by atoms with Gasteiger partial charge in [-0.2, -0.15) is 0 Å². The molecule has 0 radical (unpaired) electrons. The zero-order valence-corrected chi connectivity index (χ0v) is 10.1. The Kier molecular flexibility index (Phi) is 2.16. The third-order valence-corrected chi connectivity index (χ3v) is 3.81. The highest BCUT2D eigenvalue weighted by Gasteiger charge is 2.49. The van der Waals surface area contributed by atoms with E-state index in [4.69, 9.17) is 4.74 Å². The van der Waals surface area contributed by atoms with Crippen LogP contribution in [0.15, 0.2) is 12.1 Å². The van der Waals surface area contributed by atoms with Crippen LogP contribution in [0.5, 0.6) is 5.75 Å². The van der Waals surface area contributed by atoms with Gasteiger partial charge in [0.2, 0.25) is 5.91 Å². The lowest BCUT2D eigenvalue weighted by Gasteiger charge is -2.20. The van der Waals surface area contributed by atoms with Crippen LogP contribution < -0.4 is 15.4 Å². The monoisotopic (exact) mass is 232 g/mol. The molecule has 0 aromatic heterocycles. The quantitative estimate of drug-likeness (QED) is 0.764. The molecule has 1 saturated heterocycles. The maximum atomic E-state index is 12.2. The van der Waals surface area contributed by atoms with Crippen molar-refractivity contribution in [3.63, 3.8) is 0 Å². The van der Waals surface area contributed by atoms with E-state index in [9.17, 15) is 4.79 Å². The number of amides is 1. The van der Waals surface area contributed by atoms with Crippen LogP contribution in [0.3, 0.4) is 0 Å². The Balaban J connectivity index is 2.21. The van der Waals surface area contributed by atoms with E-state index in [1.807, 2.05) is 13.0 Å². The maximum absolute atomic E-state index is 12.2. The molecule has 2 aliphatic rings. The van der Waals surface area contributed by atoms with Crippen molar-refractivity contribution >= 4 is 11.6 Å². The first-order chi connectivity index (χ1) is 8.17. The molecule has 1 unspecified atom stereocenters. The van der Waals surface area contributed by atoms with Crippen molar-refractivity contribution < 1.29 is 9.53 Å². The maximum Gasteiger partial charge on any atom is 0.236 e. The first-order valence-corrected chi connectivity index (χ1v) is 5.89. The van der Waals surface area contributed by atoms with Gasteiger partial charge in [0.1, 0.15) is 5.75 Å². The lowest BCUT2D eigenvalue weighted by molar-refractivity contribution is -0.120. The van der Waals surface area contributed by atoms with E-state index in [0.29, 0.717) is 0 Å². The van der Waals surface area contributed by atoms with Crippen LogP contribution in [0, 0.1) is 6.92 Å². The van der Waals surface area contributed by atoms with E-state index in [0.717, 1.165) is 42.1 Å². The minimum atomic E-state index is -0.380. The molecule has 2 aliphatic heterocycles. The Hall–Kier alpha value is -1.55. The molecule has 1 amide bonds. The molecule has 90 valence electrons. The number of carbonyl (C=O) groups excluding carboxylic acids is 1. The smallest absolute Gasteiger partial charge is 0.236 e. The van der Waals surface area contributed by atoms with E-state index in [2.05, 4.69) is 16.7 Å². The topological polar surface area (TPSA) is 50.4 Å². The normalized spacial score (nSPS) is 26.1. The molecule has 0 saturated carbocycles. The van der Waals surface area contributed by atoms with Crippen molar-refractivity contribution in [2.24, 2.45) is 0 Å². The minimum absolute atomic E-state index is 0.0985. The molecular weight excluding hydrogens is 216 g/mol. The standard InChI is InChI=1S/C13H16N2O2/c1-8-5-9-11(10(6-8)17-2)15-12(16)13(9)3-4-14-7-13/h5-6,14H,3-4,7H2,1-2H3,(H,15,16). The summed E-state index contributed by atoms with van der Waals surface area (Å²) in [5, 5.41) is 6.25. The average Bonchev–Trinajstić information content (AvgIpc) is 2.89. The number of rotatable bonds is 1. The van der Waals surface area contributed by atoms with Crippen LogP contribution in [0.4, 0.5) is 5.69 Å². The lowest BCUT2D eigenvalue weighted by atomic mass is 9.80. The number of hydrogen-bond acceptors (Lipinski definition) is 3. The van der Waals surface area contributed by atoms with E-state index in [-0.39, 0.29) is 11.3 Å². The summed E-state index contributed by atoms with van der Waals surface area (Å²) in [6.45, 7) is 3.64. The second-order valence-electron chi connectivity index (χ2n) is 4.85. The predicted molar refractivity (Wildman–Crippen MR) is 65.5 cm³/mol. The van der Waals surface area contributed by atoms with Gasteiger partial charge in [0.15, 0.2) is 0 Å². The number of anilines is 1. The molecule has 1 fully saturated rings. The summed E-state index contributed by atoms with van der Waals surface area (Å²) >= 11 is 0. The predicted octanol–water partition coefficient (Wildman–Crippen LogP) is 1.19. The number of benzene rings is 1. The highest BCUT2D eigenvalue weighted by Crippen LogP contribution is 2.46. The van der Waals surface area contributed by atoms with Gasteiger partial charge in [0.05, 0.1) is 18.2 Å². The number of methoxy groups -OCH3 is 1. The number of ether oxygens (including phenoxy) is 1. The molecule has 17 heavy (non-hydrogen) atoms. The SMILES string of the molecule is COc1cc(C)cc2c1NC(=O)C21CCNC1. The zero-order chi connectivity index (χ0) is 12.0. The van der Waals surface area contributed by atoms with E-state index in [1.165, 1.54) is 0 Å². The molecule has 4 nitrogen and oxygen atoms in total. The highest BCUT2D eigenvalue weighted by atomic mass is 16.5. The number of aryl methyl sites for hydroxylation is 1. The Bertz CT molecular complexity index is 490. The van der Waals surface area contributed by atoms with Crippen LogP contribution in [0.1, 0.15) is 17.5 Å². The van der Waals surface area contributed by atoms with Gasteiger partial charge in [-0.25, -0.2) is 0 Å². The van der Waals surface area contributed by atoms with E-state index >= 15 is 0 Å². The second kappa shape index (κ2) is 3.47. The number of fused-ring (bicyclic) bond motifs is 2. The van der Waals surface area contributed by atoms with E-state index < -0.39 is 0 Å². The van der Waals surface area contributed by atoms with Crippen molar-refractivity contribution in [3.8, 4) is 5.75 Å². The first kappa shape index (κ1) is 10.6. The van der Waals surface area contributed by atoms with Gasteiger partial charge in [0.25, 0.3) is 0 Å². The highest BCUT2D eigenvalue weighted by molar-refractivity contribution is 6.08. The van der Waals surface area contributed by atoms with Gasteiger partial charge in [-0.05, 0) is 37.1 Å². The third kappa shape index (κ3) is 1.30. The summed E-state index contributed by atoms with van der Waals surface area (Å²) in [4.78, 5) is 12.2. The van der Waals surface area contributed by atoms with Gasteiger partial charge in [-0.1, -0.05) is 6.07 Å². The van der Waals surface area contributed by atoms with Crippen molar-refractivity contribution in [1.29, 1.82) is 0 Å². The molecule has 3 rings (SSSR count). The summed E-state index contributed by atoms with van der Waals surface area (Å²) in [5.74, 6) is 0.860. The van der Waals surface area contributed by atoms with Crippen LogP contribution in [-0.4, -0.2) is 26.1 Å². The summed E-state index contributed by atoms with van der Waals surface area (Å²) < 4.78 is 5.35. The summed E-state index contributed by atoms with van der Waals surface area (Å²) in [5.41, 5.74) is 2.69. The molecule has 1 aromatic rings. The first-order valence-electron chi connectivity index (χ1n) is 5.89. The van der Waals surface area contributed by atoms with Crippen molar-refractivity contribution in [3.05, 3.63) is 23.3 Å². The molecular formula is C13H16N2O2. The van der Waals surface area contributed by atoms with Crippen LogP contribution >= 0.6 is 0 Å². The molecule has 0 bridgehead atoms. The molecule has 1 aromatic carbocycles. The van der Waals surface area contributed by atoms with Crippen molar-refractivity contribution in [1.82, 2.24) is 5.32 Å². The fourth-order valence-corrected chi connectivity index (χ4v) is 2.89. The molecule has 2 heterocycles. The Labute approximate surface area is 100 Å². The largest absolute Gasteiger partial charge is 0.495 e. The molecule has 0 aliphatic carbocycles. The van der Waals surface area contributed by atoms with E-state index in [1.54, 1.807) is 7.11 Å². The molecule has 4 heteroatoms. The summed E-state index contributed by atoms with van der Waals surface area (Å²) in [6.07, 6.45) is 0.860. The van der Waals surface area contributed by atoms with Crippen molar-refractivity contribution in [2.75, 3.05) is 25.5 Å². The van der Waals surface area contributed by atoms with Gasteiger partial charge >= 0.3 is 0 Å². The number of hydrogen-bond donors (Lipinski definition) is 2. The number of carbonyl (C=O) groups is 1. The molecule has 2 N–H and O–H groups in total. The van der Waals surface area contributed by atoms with Crippen LogP contribution in [0.2, 0.25) is 0 Å². The minimum Gasteiger partial charge on any atom is -0.495 e. The Morgan fingerprint density at radius 3 is 2.88 bits per heavy atom. The Morgan fingerprint density at radius 2 is 2.24 bits per heavy atom. The summed E-state index contributed by atoms with van der Waals surface area (Å²) in [7, 11) is 1.64. The van der Waals surface area contributed by atoms with Gasteiger partial charge in [-0.15, -0.1) is 0 Å². The average molecular weight is 232 g/mol. The van der Waals surface area contributed by atoms with Crippen LogP contribution in [-0.2, 0) is 10.2 Å². The second-order valence-corrected chi connectivity index (χ2v) is 4.85.